The number of benzene rings is 1. The van der Waals surface area contributed by atoms with E-state index in [1.54, 1.807) is 38.1 Å². The first kappa shape index (κ1) is 22.2. The summed E-state index contributed by atoms with van der Waals surface area (Å²) in [5, 5.41) is 5.20. The van der Waals surface area contributed by atoms with E-state index < -0.39 is 42.5 Å². The number of amides is 4. The number of nitrogens with zero attached hydrogens (tertiary/aromatic N) is 1. The van der Waals surface area contributed by atoms with Gasteiger partial charge < -0.3 is 26.0 Å². The van der Waals surface area contributed by atoms with Crippen LogP contribution in [0.15, 0.2) is 30.3 Å². The van der Waals surface area contributed by atoms with Gasteiger partial charge in [-0.05, 0) is 37.3 Å². The highest BCUT2D eigenvalue weighted by Crippen LogP contribution is 2.17. The molecule has 9 nitrogen and oxygen atoms in total. The van der Waals surface area contributed by atoms with E-state index in [4.69, 9.17) is 10.5 Å². The number of anilines is 1. The molecule has 2 rings (SSSR count). The smallest absolute Gasteiger partial charge is 0.329 e. The highest BCUT2D eigenvalue weighted by atomic mass is 16.5. The number of hydrogen-bond acceptors (Lipinski definition) is 5. The van der Waals surface area contributed by atoms with Gasteiger partial charge in [-0.1, -0.05) is 32.0 Å². The van der Waals surface area contributed by atoms with Gasteiger partial charge in [0.2, 0.25) is 5.91 Å². The number of carbonyl (C=O) groups excluding carboxylic acids is 4. The number of rotatable bonds is 7. The maximum absolute atomic E-state index is 12.4. The van der Waals surface area contributed by atoms with Gasteiger partial charge in [-0.2, -0.15) is 0 Å². The third-order valence-electron chi connectivity index (χ3n) is 4.73. The van der Waals surface area contributed by atoms with Crippen LogP contribution in [0.25, 0.3) is 0 Å². The van der Waals surface area contributed by atoms with Crippen LogP contribution in [-0.2, 0) is 19.1 Å². The fraction of sp³-hybridized carbons (Fsp3) is 0.500. The molecule has 0 saturated carbocycles. The number of piperidine rings is 1. The fourth-order valence-electron chi connectivity index (χ4n) is 3.16. The number of nitrogens with two attached hydrogens (primary N) is 1. The number of ether oxygens (including phenoxy) is 1. The third-order valence-corrected chi connectivity index (χ3v) is 4.73. The summed E-state index contributed by atoms with van der Waals surface area (Å²) in [7, 11) is 0. The van der Waals surface area contributed by atoms with Crippen molar-refractivity contribution in [1.82, 2.24) is 10.2 Å². The molecule has 1 aliphatic heterocycles. The van der Waals surface area contributed by atoms with Crippen molar-refractivity contribution in [3.8, 4) is 0 Å². The molecule has 1 heterocycles. The van der Waals surface area contributed by atoms with Crippen molar-refractivity contribution in [1.29, 1.82) is 0 Å². The molecular weight excluding hydrogens is 376 g/mol. The molecule has 1 aromatic carbocycles. The molecule has 0 radical (unpaired) electrons. The lowest BCUT2D eigenvalue weighted by atomic mass is 10.0. The maximum Gasteiger partial charge on any atom is 0.329 e. The molecule has 2 atom stereocenters. The van der Waals surface area contributed by atoms with Gasteiger partial charge in [0.05, 0.1) is 0 Å². The summed E-state index contributed by atoms with van der Waals surface area (Å²) in [6.07, 6.45) is 2.08. The zero-order valence-corrected chi connectivity index (χ0v) is 16.7. The maximum atomic E-state index is 12.4. The van der Waals surface area contributed by atoms with Crippen LogP contribution in [0.1, 0.15) is 33.1 Å². The normalized spacial score (nSPS) is 17.3. The first-order valence-electron chi connectivity index (χ1n) is 9.67. The molecular formula is C20H28N4O5. The number of para-hydroxylation sites is 1. The number of nitrogens with one attached hydrogen (secondary N) is 2. The van der Waals surface area contributed by atoms with Gasteiger partial charge in [-0.25, -0.2) is 9.59 Å². The standard InChI is InChI=1S/C20H28N4O5/c1-13(2)17(23-20(28)22-14-8-4-3-5-9-14)19(27)29-12-16(25)24-11-7-6-10-15(24)18(21)26/h3-5,8-9,13,15,17H,6-7,10-12H2,1-2H3,(H2,21,26)(H2,22,23,28)/t15-,17-/m0/s1. The molecule has 4 N–H and O–H groups in total. The van der Waals surface area contributed by atoms with Crippen LogP contribution in [0, 0.1) is 5.92 Å². The van der Waals surface area contributed by atoms with E-state index in [9.17, 15) is 19.2 Å². The number of likely N-dealkylation sites (tertiary alicyclic amines) is 1. The number of carbonyl (C=O) groups is 4. The number of urea groups is 1. The molecule has 1 aromatic rings. The molecule has 9 heteroatoms. The predicted octanol–water partition coefficient (Wildman–Crippen LogP) is 1.24. The molecule has 29 heavy (non-hydrogen) atoms. The molecule has 158 valence electrons. The monoisotopic (exact) mass is 404 g/mol. The molecule has 1 saturated heterocycles. The second kappa shape index (κ2) is 10.4. The summed E-state index contributed by atoms with van der Waals surface area (Å²) in [5.74, 6) is -2.02. The molecule has 0 spiro atoms. The Labute approximate surface area is 169 Å². The molecule has 0 aliphatic carbocycles. The average molecular weight is 404 g/mol. The molecule has 1 aliphatic rings. The quantitative estimate of drug-likeness (QED) is 0.589. The van der Waals surface area contributed by atoms with Crippen LogP contribution in [0.5, 0.6) is 0 Å². The van der Waals surface area contributed by atoms with E-state index in [0.717, 1.165) is 12.8 Å². The van der Waals surface area contributed by atoms with Crippen molar-refractivity contribution in [2.24, 2.45) is 11.7 Å². The van der Waals surface area contributed by atoms with Gasteiger partial charge in [0.15, 0.2) is 6.61 Å². The zero-order valence-electron chi connectivity index (χ0n) is 16.7. The second-order valence-electron chi connectivity index (χ2n) is 7.29. The van der Waals surface area contributed by atoms with Gasteiger partial charge >= 0.3 is 12.0 Å². The van der Waals surface area contributed by atoms with E-state index in [1.807, 2.05) is 6.07 Å². The highest BCUT2D eigenvalue weighted by molar-refractivity contribution is 5.93. The Kier molecular flexibility index (Phi) is 7.99. The Morgan fingerprint density at radius 1 is 1.17 bits per heavy atom. The van der Waals surface area contributed by atoms with Crippen LogP contribution in [-0.4, -0.2) is 54.0 Å². The van der Waals surface area contributed by atoms with Crippen LogP contribution >= 0.6 is 0 Å². The largest absolute Gasteiger partial charge is 0.454 e. The molecule has 0 bridgehead atoms. The van der Waals surface area contributed by atoms with E-state index >= 15 is 0 Å². The second-order valence-corrected chi connectivity index (χ2v) is 7.29. The van der Waals surface area contributed by atoms with E-state index in [0.29, 0.717) is 18.7 Å². The van der Waals surface area contributed by atoms with Crippen LogP contribution in [0.3, 0.4) is 0 Å². The highest BCUT2D eigenvalue weighted by Gasteiger charge is 2.32. The van der Waals surface area contributed by atoms with Crippen LogP contribution < -0.4 is 16.4 Å². The summed E-state index contributed by atoms with van der Waals surface area (Å²) in [6.45, 7) is 3.40. The number of primary amides is 1. The van der Waals surface area contributed by atoms with Gasteiger partial charge in [-0.3, -0.25) is 9.59 Å². The summed E-state index contributed by atoms with van der Waals surface area (Å²) >= 11 is 0. The van der Waals surface area contributed by atoms with Crippen molar-refractivity contribution < 1.29 is 23.9 Å². The Balaban J connectivity index is 1.90. The van der Waals surface area contributed by atoms with Crippen molar-refractivity contribution in [3.05, 3.63) is 30.3 Å². The fourth-order valence-corrected chi connectivity index (χ4v) is 3.16. The minimum absolute atomic E-state index is 0.257. The Morgan fingerprint density at radius 3 is 2.48 bits per heavy atom. The lowest BCUT2D eigenvalue weighted by molar-refractivity contribution is -0.156. The topological polar surface area (TPSA) is 131 Å². The minimum atomic E-state index is -0.931. The van der Waals surface area contributed by atoms with E-state index in [-0.39, 0.29) is 5.92 Å². The summed E-state index contributed by atoms with van der Waals surface area (Å²) in [5.41, 5.74) is 5.94. The van der Waals surface area contributed by atoms with Gasteiger partial charge in [0.1, 0.15) is 12.1 Å². The Hall–Kier alpha value is -3.10. The minimum Gasteiger partial charge on any atom is -0.454 e. The molecule has 0 unspecified atom stereocenters. The molecule has 0 aromatic heterocycles. The van der Waals surface area contributed by atoms with Crippen LogP contribution in [0.4, 0.5) is 10.5 Å². The number of esters is 1. The van der Waals surface area contributed by atoms with Crippen molar-refractivity contribution in [2.45, 2.75) is 45.2 Å². The zero-order chi connectivity index (χ0) is 21.4. The van der Waals surface area contributed by atoms with Crippen molar-refractivity contribution >= 4 is 29.5 Å². The molecule has 1 fully saturated rings. The lowest BCUT2D eigenvalue weighted by Gasteiger charge is -2.33. The SMILES string of the molecule is CC(C)[C@H](NC(=O)Nc1ccccc1)C(=O)OCC(=O)N1CCCC[C@H]1C(N)=O. The lowest BCUT2D eigenvalue weighted by Crippen LogP contribution is -2.52. The first-order chi connectivity index (χ1) is 13.8. The van der Waals surface area contributed by atoms with Crippen molar-refractivity contribution in [2.75, 3.05) is 18.5 Å². The van der Waals surface area contributed by atoms with E-state index in [1.165, 1.54) is 4.90 Å². The Bertz CT molecular complexity index is 738. The predicted molar refractivity (Wildman–Crippen MR) is 107 cm³/mol. The Morgan fingerprint density at radius 2 is 1.86 bits per heavy atom. The first-order valence-corrected chi connectivity index (χ1v) is 9.67. The average Bonchev–Trinajstić information content (AvgIpc) is 2.70. The third kappa shape index (κ3) is 6.48. The van der Waals surface area contributed by atoms with Gasteiger partial charge in [-0.15, -0.1) is 0 Å². The number of hydrogen-bond donors (Lipinski definition) is 3. The van der Waals surface area contributed by atoms with Crippen molar-refractivity contribution in [3.63, 3.8) is 0 Å². The van der Waals surface area contributed by atoms with Gasteiger partial charge in [0.25, 0.3) is 5.91 Å². The van der Waals surface area contributed by atoms with E-state index in [2.05, 4.69) is 10.6 Å². The summed E-state index contributed by atoms with van der Waals surface area (Å²) < 4.78 is 5.13. The van der Waals surface area contributed by atoms with Crippen LogP contribution in [0.2, 0.25) is 0 Å². The summed E-state index contributed by atoms with van der Waals surface area (Å²) in [6, 6.07) is 6.64. The van der Waals surface area contributed by atoms with Gasteiger partial charge in [0, 0.05) is 12.2 Å². The summed E-state index contributed by atoms with van der Waals surface area (Å²) in [4.78, 5) is 49.9. The molecule has 4 amide bonds.